The van der Waals surface area contributed by atoms with Gasteiger partial charge in [0.05, 0.1) is 5.56 Å². The van der Waals surface area contributed by atoms with Crippen molar-refractivity contribution in [2.24, 2.45) is 5.73 Å². The predicted octanol–water partition coefficient (Wildman–Crippen LogP) is 3.37. The van der Waals surface area contributed by atoms with Gasteiger partial charge in [-0.25, -0.2) is 0 Å². The summed E-state index contributed by atoms with van der Waals surface area (Å²) in [7, 11) is 0. The van der Waals surface area contributed by atoms with E-state index in [9.17, 15) is 0 Å². The third kappa shape index (κ3) is 3.12. The topological polar surface area (TPSA) is 59.0 Å². The van der Waals surface area contributed by atoms with Gasteiger partial charge in [0, 0.05) is 6.54 Å². The molecule has 0 aromatic heterocycles. The molecule has 19 heavy (non-hydrogen) atoms. The highest BCUT2D eigenvalue weighted by atomic mass is 16.5. The van der Waals surface area contributed by atoms with Gasteiger partial charge in [0.1, 0.15) is 17.6 Å². The van der Waals surface area contributed by atoms with Crippen LogP contribution >= 0.6 is 0 Å². The van der Waals surface area contributed by atoms with E-state index >= 15 is 0 Å². The molecule has 2 rings (SSSR count). The SMILES string of the molecule is CCc1cccc(Oc2ccc(CN)cc2C#N)c1. The van der Waals surface area contributed by atoms with Gasteiger partial charge < -0.3 is 10.5 Å². The van der Waals surface area contributed by atoms with Crippen LogP contribution in [0.1, 0.15) is 23.6 Å². The Morgan fingerprint density at radius 3 is 2.68 bits per heavy atom. The molecule has 0 saturated carbocycles. The number of rotatable bonds is 4. The molecule has 3 heteroatoms. The fourth-order valence-corrected chi connectivity index (χ4v) is 1.84. The second kappa shape index (κ2) is 6.03. The number of hydrogen-bond donors (Lipinski definition) is 1. The van der Waals surface area contributed by atoms with E-state index in [0.29, 0.717) is 17.9 Å². The van der Waals surface area contributed by atoms with Crippen molar-refractivity contribution in [3.8, 4) is 17.6 Å². The van der Waals surface area contributed by atoms with Crippen molar-refractivity contribution in [2.75, 3.05) is 0 Å². The highest BCUT2D eigenvalue weighted by Gasteiger charge is 2.06. The zero-order valence-electron chi connectivity index (χ0n) is 10.9. The lowest BCUT2D eigenvalue weighted by Crippen LogP contribution is -1.97. The second-order valence-electron chi connectivity index (χ2n) is 4.25. The Hall–Kier alpha value is -2.31. The normalized spacial score (nSPS) is 9.95. The van der Waals surface area contributed by atoms with Crippen LogP contribution in [0.15, 0.2) is 42.5 Å². The van der Waals surface area contributed by atoms with Crippen LogP contribution in [0.4, 0.5) is 0 Å². The minimum absolute atomic E-state index is 0.417. The van der Waals surface area contributed by atoms with Crippen molar-refractivity contribution in [2.45, 2.75) is 19.9 Å². The van der Waals surface area contributed by atoms with Crippen LogP contribution in [0, 0.1) is 11.3 Å². The predicted molar refractivity (Wildman–Crippen MR) is 74.9 cm³/mol. The van der Waals surface area contributed by atoms with E-state index in [-0.39, 0.29) is 0 Å². The van der Waals surface area contributed by atoms with Gasteiger partial charge in [-0.2, -0.15) is 5.26 Å². The van der Waals surface area contributed by atoms with Gasteiger partial charge in [0.2, 0.25) is 0 Å². The molecule has 0 fully saturated rings. The standard InChI is InChI=1S/C16H16N2O/c1-2-12-4-3-5-15(9-12)19-16-7-6-13(10-17)8-14(16)11-18/h3-9H,2,10,17H2,1H3. The highest BCUT2D eigenvalue weighted by Crippen LogP contribution is 2.26. The van der Waals surface area contributed by atoms with Crippen molar-refractivity contribution < 1.29 is 4.74 Å². The Morgan fingerprint density at radius 2 is 2.00 bits per heavy atom. The van der Waals surface area contributed by atoms with Crippen LogP contribution in [0.25, 0.3) is 0 Å². The van der Waals surface area contributed by atoms with E-state index in [0.717, 1.165) is 17.7 Å². The third-order valence-corrected chi connectivity index (χ3v) is 2.93. The number of benzene rings is 2. The summed E-state index contributed by atoms with van der Waals surface area (Å²) in [5.41, 5.74) is 8.19. The van der Waals surface area contributed by atoms with E-state index in [1.54, 1.807) is 12.1 Å². The molecule has 0 saturated heterocycles. The van der Waals surface area contributed by atoms with Gasteiger partial charge in [-0.05, 0) is 41.8 Å². The monoisotopic (exact) mass is 252 g/mol. The average Bonchev–Trinajstić information content (AvgIpc) is 2.48. The maximum absolute atomic E-state index is 9.15. The molecule has 0 amide bonds. The van der Waals surface area contributed by atoms with Crippen LogP contribution in [-0.4, -0.2) is 0 Å². The van der Waals surface area contributed by atoms with Gasteiger partial charge >= 0.3 is 0 Å². The molecule has 2 N–H and O–H groups in total. The minimum Gasteiger partial charge on any atom is -0.456 e. The Kier molecular flexibility index (Phi) is 4.17. The lowest BCUT2D eigenvalue weighted by molar-refractivity contribution is 0.480. The molecular weight excluding hydrogens is 236 g/mol. The molecule has 0 bridgehead atoms. The van der Waals surface area contributed by atoms with Crippen molar-refractivity contribution in [3.63, 3.8) is 0 Å². The van der Waals surface area contributed by atoms with Crippen LogP contribution in [-0.2, 0) is 13.0 Å². The summed E-state index contributed by atoms with van der Waals surface area (Å²) in [5.74, 6) is 1.31. The zero-order valence-corrected chi connectivity index (χ0v) is 10.9. The number of nitrogens with two attached hydrogens (primary N) is 1. The molecule has 0 heterocycles. The molecule has 2 aromatic rings. The molecule has 2 aromatic carbocycles. The van der Waals surface area contributed by atoms with E-state index in [1.807, 2.05) is 24.3 Å². The summed E-state index contributed by atoms with van der Waals surface area (Å²) < 4.78 is 5.78. The van der Waals surface area contributed by atoms with E-state index in [1.165, 1.54) is 5.56 Å². The fourth-order valence-electron chi connectivity index (χ4n) is 1.84. The average molecular weight is 252 g/mol. The first-order valence-electron chi connectivity index (χ1n) is 6.26. The largest absolute Gasteiger partial charge is 0.456 e. The molecule has 3 nitrogen and oxygen atoms in total. The van der Waals surface area contributed by atoms with E-state index in [2.05, 4.69) is 19.1 Å². The van der Waals surface area contributed by atoms with Gasteiger partial charge in [0.15, 0.2) is 0 Å². The van der Waals surface area contributed by atoms with Crippen LogP contribution in [0.5, 0.6) is 11.5 Å². The third-order valence-electron chi connectivity index (χ3n) is 2.93. The smallest absolute Gasteiger partial charge is 0.145 e. The fraction of sp³-hybridized carbons (Fsp3) is 0.188. The van der Waals surface area contributed by atoms with Gasteiger partial charge in [-0.3, -0.25) is 0 Å². The number of aryl methyl sites for hydroxylation is 1. The maximum atomic E-state index is 9.15. The second-order valence-corrected chi connectivity index (χ2v) is 4.25. The summed E-state index contributed by atoms with van der Waals surface area (Å²) in [5, 5.41) is 9.15. The molecule has 0 atom stereocenters. The Labute approximate surface area is 113 Å². The molecule has 0 aliphatic carbocycles. The Morgan fingerprint density at radius 1 is 1.16 bits per heavy atom. The highest BCUT2D eigenvalue weighted by molar-refractivity contribution is 5.47. The van der Waals surface area contributed by atoms with Crippen molar-refractivity contribution in [1.29, 1.82) is 5.26 Å². The molecule has 0 radical (unpaired) electrons. The van der Waals surface area contributed by atoms with Crippen LogP contribution < -0.4 is 10.5 Å². The molecule has 0 aliphatic heterocycles. The van der Waals surface area contributed by atoms with Gasteiger partial charge in [0.25, 0.3) is 0 Å². The molecule has 0 unspecified atom stereocenters. The Balaban J connectivity index is 2.30. The first kappa shape index (κ1) is 13.1. The Bertz CT molecular complexity index is 614. The van der Waals surface area contributed by atoms with Crippen molar-refractivity contribution in [3.05, 3.63) is 59.2 Å². The van der Waals surface area contributed by atoms with E-state index in [4.69, 9.17) is 15.7 Å². The van der Waals surface area contributed by atoms with Gasteiger partial charge in [-0.15, -0.1) is 0 Å². The summed E-state index contributed by atoms with van der Waals surface area (Å²) in [6.07, 6.45) is 0.953. The number of nitrogens with zero attached hydrogens (tertiary/aromatic N) is 1. The van der Waals surface area contributed by atoms with Crippen LogP contribution in [0.3, 0.4) is 0 Å². The number of ether oxygens (including phenoxy) is 1. The molecular formula is C16H16N2O. The first-order valence-corrected chi connectivity index (χ1v) is 6.26. The van der Waals surface area contributed by atoms with E-state index < -0.39 is 0 Å². The molecule has 0 aliphatic rings. The minimum atomic E-state index is 0.417. The van der Waals surface area contributed by atoms with Crippen molar-refractivity contribution >= 4 is 0 Å². The summed E-state index contributed by atoms with van der Waals surface area (Å²) >= 11 is 0. The first-order chi connectivity index (χ1) is 9.26. The summed E-state index contributed by atoms with van der Waals surface area (Å²) in [6.45, 7) is 2.51. The molecule has 96 valence electrons. The lowest BCUT2D eigenvalue weighted by Gasteiger charge is -2.09. The maximum Gasteiger partial charge on any atom is 0.145 e. The summed E-state index contributed by atoms with van der Waals surface area (Å²) in [6, 6.07) is 15.4. The van der Waals surface area contributed by atoms with Crippen molar-refractivity contribution in [1.82, 2.24) is 0 Å². The molecule has 0 spiro atoms. The number of hydrogen-bond acceptors (Lipinski definition) is 3. The number of nitriles is 1. The van der Waals surface area contributed by atoms with Gasteiger partial charge in [-0.1, -0.05) is 25.1 Å². The quantitative estimate of drug-likeness (QED) is 0.907. The lowest BCUT2D eigenvalue weighted by atomic mass is 10.1. The van der Waals surface area contributed by atoms with Crippen LogP contribution in [0.2, 0.25) is 0 Å². The summed E-state index contributed by atoms with van der Waals surface area (Å²) in [4.78, 5) is 0. The zero-order chi connectivity index (χ0) is 13.7.